The number of halogens is 2. The number of ether oxygens (including phenoxy) is 1. The fraction of sp³-hybridized carbons (Fsp3) is 0.318. The van der Waals surface area contributed by atoms with Crippen molar-refractivity contribution in [2.24, 2.45) is 0 Å². The number of nitrogens with zero attached hydrogens (tertiary/aromatic N) is 1. The fourth-order valence-corrected chi connectivity index (χ4v) is 4.17. The van der Waals surface area contributed by atoms with E-state index >= 15 is 0 Å². The van der Waals surface area contributed by atoms with E-state index < -0.39 is 0 Å². The molecule has 1 aliphatic rings. The van der Waals surface area contributed by atoms with Crippen LogP contribution in [0.2, 0.25) is 10.0 Å². The van der Waals surface area contributed by atoms with Gasteiger partial charge in [-0.25, -0.2) is 0 Å². The Hall–Kier alpha value is -2.01. The van der Waals surface area contributed by atoms with Crippen molar-refractivity contribution in [1.29, 1.82) is 0 Å². The summed E-state index contributed by atoms with van der Waals surface area (Å²) in [7, 11) is 0. The van der Waals surface area contributed by atoms with Gasteiger partial charge in [-0.1, -0.05) is 29.3 Å². The van der Waals surface area contributed by atoms with Crippen LogP contribution in [-0.4, -0.2) is 29.1 Å². The largest absolute Gasteiger partial charge is 0.490 e. The normalized spacial score (nSPS) is 15.8. The standard InChI is InChI=1S/C22H22Cl2N2O2/c1-14-10-19-15(4-7-25-22(19)27)11-21(14)28-18-5-8-26(9-6-18)13-16-2-3-17(23)12-20(16)24/h2-4,7,10-12,18H,5-6,8-9,13H2,1H3,(H,25,27). The third-order valence-corrected chi connectivity index (χ3v) is 5.89. The maximum absolute atomic E-state index is 11.9. The maximum atomic E-state index is 11.9. The average Bonchev–Trinajstić information content (AvgIpc) is 2.67. The van der Waals surface area contributed by atoms with Crippen molar-refractivity contribution in [2.75, 3.05) is 13.1 Å². The van der Waals surface area contributed by atoms with Gasteiger partial charge >= 0.3 is 0 Å². The first-order chi connectivity index (χ1) is 13.5. The highest BCUT2D eigenvalue weighted by Gasteiger charge is 2.22. The molecule has 3 aromatic rings. The van der Waals surface area contributed by atoms with Crippen LogP contribution in [0, 0.1) is 6.92 Å². The summed E-state index contributed by atoms with van der Waals surface area (Å²) in [5.41, 5.74) is 2.02. The average molecular weight is 417 g/mol. The number of aromatic nitrogens is 1. The number of hydrogen-bond donors (Lipinski definition) is 1. The Balaban J connectivity index is 1.40. The fourth-order valence-electron chi connectivity index (χ4n) is 3.71. The van der Waals surface area contributed by atoms with Crippen molar-refractivity contribution in [3.8, 4) is 5.75 Å². The van der Waals surface area contributed by atoms with Crippen LogP contribution in [0.5, 0.6) is 5.75 Å². The molecule has 1 aliphatic heterocycles. The zero-order valence-corrected chi connectivity index (χ0v) is 17.2. The summed E-state index contributed by atoms with van der Waals surface area (Å²) < 4.78 is 6.29. The minimum atomic E-state index is -0.0682. The lowest BCUT2D eigenvalue weighted by molar-refractivity contribution is 0.0964. The number of benzene rings is 2. The van der Waals surface area contributed by atoms with E-state index in [1.807, 2.05) is 37.3 Å². The SMILES string of the molecule is Cc1cc2c(=O)[nH]ccc2cc1OC1CCN(Cc2ccc(Cl)cc2Cl)CC1. The Morgan fingerprint density at radius 1 is 1.14 bits per heavy atom. The van der Waals surface area contributed by atoms with Gasteiger partial charge in [-0.05, 0) is 66.6 Å². The zero-order valence-electron chi connectivity index (χ0n) is 15.7. The number of aryl methyl sites for hydroxylation is 1. The molecule has 0 amide bonds. The van der Waals surface area contributed by atoms with Crippen molar-refractivity contribution in [3.05, 3.63) is 74.1 Å². The van der Waals surface area contributed by atoms with E-state index in [9.17, 15) is 4.79 Å². The molecule has 0 unspecified atom stereocenters. The van der Waals surface area contributed by atoms with Crippen LogP contribution >= 0.6 is 23.2 Å². The molecule has 0 saturated carbocycles. The Labute approximate surface area is 174 Å². The molecule has 0 aliphatic carbocycles. The first kappa shape index (κ1) is 19.3. The van der Waals surface area contributed by atoms with Crippen molar-refractivity contribution in [1.82, 2.24) is 9.88 Å². The number of H-pyrrole nitrogens is 1. The maximum Gasteiger partial charge on any atom is 0.255 e. The van der Waals surface area contributed by atoms with Gasteiger partial charge in [-0.15, -0.1) is 0 Å². The van der Waals surface area contributed by atoms with E-state index in [1.54, 1.807) is 12.3 Å². The second-order valence-corrected chi connectivity index (χ2v) is 8.18. The second-order valence-electron chi connectivity index (χ2n) is 7.34. The second kappa shape index (κ2) is 8.16. The number of rotatable bonds is 4. The highest BCUT2D eigenvalue weighted by Crippen LogP contribution is 2.28. The van der Waals surface area contributed by atoms with Crippen molar-refractivity contribution < 1.29 is 4.74 Å². The summed E-state index contributed by atoms with van der Waals surface area (Å²) >= 11 is 12.3. The summed E-state index contributed by atoms with van der Waals surface area (Å²) in [6.45, 7) is 4.71. The van der Waals surface area contributed by atoms with E-state index in [1.165, 1.54) is 0 Å². The minimum Gasteiger partial charge on any atom is -0.490 e. The van der Waals surface area contributed by atoms with Gasteiger partial charge in [-0.3, -0.25) is 9.69 Å². The van der Waals surface area contributed by atoms with Crippen LogP contribution in [0.25, 0.3) is 10.8 Å². The Morgan fingerprint density at radius 2 is 1.93 bits per heavy atom. The Bertz CT molecular complexity index is 1060. The molecule has 0 atom stereocenters. The molecule has 2 heterocycles. The van der Waals surface area contributed by atoms with Gasteiger partial charge in [0, 0.05) is 41.3 Å². The molecule has 1 saturated heterocycles. The summed E-state index contributed by atoms with van der Waals surface area (Å²) in [6, 6.07) is 11.4. The zero-order chi connectivity index (χ0) is 19.7. The summed E-state index contributed by atoms with van der Waals surface area (Å²) in [4.78, 5) is 17.0. The third-order valence-electron chi connectivity index (χ3n) is 5.31. The molecule has 1 aromatic heterocycles. The minimum absolute atomic E-state index is 0.0682. The van der Waals surface area contributed by atoms with Crippen LogP contribution in [0.1, 0.15) is 24.0 Å². The molecular weight excluding hydrogens is 395 g/mol. The summed E-state index contributed by atoms with van der Waals surface area (Å²) in [6.07, 6.45) is 3.76. The van der Waals surface area contributed by atoms with Gasteiger partial charge in [0.1, 0.15) is 11.9 Å². The van der Waals surface area contributed by atoms with Crippen molar-refractivity contribution in [2.45, 2.75) is 32.4 Å². The van der Waals surface area contributed by atoms with Gasteiger partial charge in [-0.2, -0.15) is 0 Å². The van der Waals surface area contributed by atoms with E-state index in [0.29, 0.717) is 15.4 Å². The summed E-state index contributed by atoms with van der Waals surface area (Å²) in [5, 5.41) is 2.97. The van der Waals surface area contributed by atoms with Gasteiger partial charge in [0.25, 0.3) is 5.56 Å². The van der Waals surface area contributed by atoms with Crippen molar-refractivity contribution in [3.63, 3.8) is 0 Å². The molecule has 4 nitrogen and oxygen atoms in total. The third kappa shape index (κ3) is 4.19. The molecule has 146 valence electrons. The number of nitrogens with one attached hydrogen (secondary N) is 1. The lowest BCUT2D eigenvalue weighted by Crippen LogP contribution is -2.37. The molecule has 4 rings (SSSR count). The molecule has 28 heavy (non-hydrogen) atoms. The number of fused-ring (bicyclic) bond motifs is 1. The predicted molar refractivity (Wildman–Crippen MR) is 115 cm³/mol. The van der Waals surface area contributed by atoms with Crippen molar-refractivity contribution >= 4 is 34.0 Å². The highest BCUT2D eigenvalue weighted by molar-refractivity contribution is 6.35. The van der Waals surface area contributed by atoms with Crippen LogP contribution in [-0.2, 0) is 6.54 Å². The van der Waals surface area contributed by atoms with E-state index in [-0.39, 0.29) is 11.7 Å². The number of pyridine rings is 1. The van der Waals surface area contributed by atoms with Crippen LogP contribution < -0.4 is 10.3 Å². The first-order valence-corrected chi connectivity index (χ1v) is 10.2. The predicted octanol–water partition coefficient (Wildman–Crippen LogP) is 5.19. The molecule has 6 heteroatoms. The van der Waals surface area contributed by atoms with Crippen LogP contribution in [0.15, 0.2) is 47.4 Å². The number of aromatic amines is 1. The van der Waals surface area contributed by atoms with Crippen LogP contribution in [0.4, 0.5) is 0 Å². The van der Waals surface area contributed by atoms with Crippen LogP contribution in [0.3, 0.4) is 0 Å². The molecule has 1 fully saturated rings. The molecule has 1 N–H and O–H groups in total. The smallest absolute Gasteiger partial charge is 0.255 e. The van der Waals surface area contributed by atoms with Gasteiger partial charge in [0.2, 0.25) is 0 Å². The Kier molecular flexibility index (Phi) is 5.63. The van der Waals surface area contributed by atoms with E-state index in [4.69, 9.17) is 27.9 Å². The summed E-state index contributed by atoms with van der Waals surface area (Å²) in [5.74, 6) is 0.859. The monoisotopic (exact) mass is 416 g/mol. The van der Waals surface area contributed by atoms with Gasteiger partial charge in [0.15, 0.2) is 0 Å². The number of likely N-dealkylation sites (tertiary alicyclic amines) is 1. The topological polar surface area (TPSA) is 45.3 Å². The molecule has 0 spiro atoms. The number of hydrogen-bond acceptors (Lipinski definition) is 3. The molecule has 0 radical (unpaired) electrons. The quantitative estimate of drug-likeness (QED) is 0.636. The van der Waals surface area contributed by atoms with Gasteiger partial charge in [0.05, 0.1) is 0 Å². The lowest BCUT2D eigenvalue weighted by Gasteiger charge is -2.32. The number of piperidine rings is 1. The first-order valence-electron chi connectivity index (χ1n) is 9.44. The van der Waals surface area contributed by atoms with E-state index in [0.717, 1.165) is 54.7 Å². The van der Waals surface area contributed by atoms with E-state index in [2.05, 4.69) is 9.88 Å². The Morgan fingerprint density at radius 3 is 2.68 bits per heavy atom. The highest BCUT2D eigenvalue weighted by atomic mass is 35.5. The molecule has 0 bridgehead atoms. The molecule has 2 aromatic carbocycles. The lowest BCUT2D eigenvalue weighted by atomic mass is 10.1. The van der Waals surface area contributed by atoms with Gasteiger partial charge < -0.3 is 9.72 Å². The molecular formula is C22H22Cl2N2O2.